The molecule has 0 amide bonds. The minimum Gasteiger partial charge on any atom is -0.338 e. The molecule has 0 bridgehead atoms. The van der Waals surface area contributed by atoms with E-state index in [-0.39, 0.29) is 6.04 Å². The second-order valence-corrected chi connectivity index (χ2v) is 7.05. The number of hydrogen-bond acceptors (Lipinski definition) is 5. The Bertz CT molecular complexity index is 715. The predicted octanol–water partition coefficient (Wildman–Crippen LogP) is 3.20. The summed E-state index contributed by atoms with van der Waals surface area (Å²) in [5, 5.41) is 8.77. The van der Waals surface area contributed by atoms with Gasteiger partial charge in [-0.3, -0.25) is 9.58 Å². The van der Waals surface area contributed by atoms with E-state index in [9.17, 15) is 0 Å². The van der Waals surface area contributed by atoms with Crippen molar-refractivity contribution in [1.82, 2.24) is 24.8 Å². The summed E-state index contributed by atoms with van der Waals surface area (Å²) < 4.78 is 7.56. The second kappa shape index (κ2) is 5.44. The van der Waals surface area contributed by atoms with Gasteiger partial charge in [-0.25, -0.2) is 0 Å². The van der Waals surface area contributed by atoms with Gasteiger partial charge in [0.05, 0.1) is 11.7 Å². The fourth-order valence-electron chi connectivity index (χ4n) is 3.90. The lowest BCUT2D eigenvalue weighted by Crippen LogP contribution is -2.27. The van der Waals surface area contributed by atoms with Crippen LogP contribution in [0.1, 0.15) is 79.3 Å². The molecule has 2 aromatic rings. The van der Waals surface area contributed by atoms with Gasteiger partial charge in [0.2, 0.25) is 5.89 Å². The van der Waals surface area contributed by atoms with Crippen molar-refractivity contribution >= 4 is 0 Å². The Kier molecular flexibility index (Phi) is 3.52. The first-order valence-corrected chi connectivity index (χ1v) is 8.65. The van der Waals surface area contributed by atoms with Crippen molar-refractivity contribution in [3.05, 3.63) is 28.7 Å². The van der Waals surface area contributed by atoms with E-state index in [0.29, 0.717) is 12.0 Å². The van der Waals surface area contributed by atoms with Gasteiger partial charge in [0.25, 0.3) is 0 Å². The third-order valence-corrected chi connectivity index (χ3v) is 5.45. The molecule has 1 aliphatic heterocycles. The van der Waals surface area contributed by atoms with Crippen LogP contribution in [0.3, 0.4) is 0 Å². The molecule has 2 aliphatic rings. The summed E-state index contributed by atoms with van der Waals surface area (Å²) in [6, 6.07) is 0.552. The summed E-state index contributed by atoms with van der Waals surface area (Å²) in [4.78, 5) is 7.16. The highest BCUT2D eigenvalue weighted by molar-refractivity contribution is 5.29. The molecule has 3 heterocycles. The Balaban J connectivity index is 1.61. The molecular formula is C17H25N5O. The molecule has 1 saturated heterocycles. The van der Waals surface area contributed by atoms with E-state index in [1.54, 1.807) is 0 Å². The first kappa shape index (κ1) is 14.9. The van der Waals surface area contributed by atoms with Crippen LogP contribution in [0, 0.1) is 13.8 Å². The topological polar surface area (TPSA) is 60.0 Å². The van der Waals surface area contributed by atoms with E-state index in [4.69, 9.17) is 4.52 Å². The zero-order valence-corrected chi connectivity index (χ0v) is 14.4. The number of likely N-dealkylation sites (tertiary alicyclic amines) is 1. The van der Waals surface area contributed by atoms with Crippen LogP contribution in [0.2, 0.25) is 0 Å². The highest BCUT2D eigenvalue weighted by Crippen LogP contribution is 2.42. The summed E-state index contributed by atoms with van der Waals surface area (Å²) in [7, 11) is 2.02. The summed E-state index contributed by atoms with van der Waals surface area (Å²) in [5.41, 5.74) is 3.77. The maximum atomic E-state index is 5.57. The van der Waals surface area contributed by atoms with Gasteiger partial charge in [-0.1, -0.05) is 5.16 Å². The second-order valence-electron chi connectivity index (χ2n) is 7.05. The average molecular weight is 315 g/mol. The van der Waals surface area contributed by atoms with Crippen molar-refractivity contribution in [2.75, 3.05) is 6.54 Å². The van der Waals surface area contributed by atoms with Crippen LogP contribution in [0.15, 0.2) is 4.52 Å². The Labute approximate surface area is 136 Å². The molecule has 2 atom stereocenters. The first-order valence-electron chi connectivity index (χ1n) is 8.65. The number of aromatic nitrogens is 4. The zero-order valence-electron chi connectivity index (χ0n) is 14.4. The third kappa shape index (κ3) is 2.49. The molecule has 0 aromatic carbocycles. The highest BCUT2D eigenvalue weighted by atomic mass is 16.5. The van der Waals surface area contributed by atoms with E-state index < -0.39 is 0 Å². The molecule has 1 aliphatic carbocycles. The minimum absolute atomic E-state index is 0.154. The highest BCUT2D eigenvalue weighted by Gasteiger charge is 2.36. The summed E-state index contributed by atoms with van der Waals surface area (Å²) in [5.74, 6) is 2.20. The summed E-state index contributed by atoms with van der Waals surface area (Å²) >= 11 is 0. The van der Waals surface area contributed by atoms with Gasteiger partial charge in [0, 0.05) is 30.3 Å². The minimum atomic E-state index is 0.154. The molecular weight excluding hydrogens is 290 g/mol. The van der Waals surface area contributed by atoms with Gasteiger partial charge >= 0.3 is 0 Å². The molecule has 1 saturated carbocycles. The Morgan fingerprint density at radius 2 is 2.00 bits per heavy atom. The van der Waals surface area contributed by atoms with Crippen LogP contribution >= 0.6 is 0 Å². The van der Waals surface area contributed by atoms with Crippen molar-refractivity contribution < 1.29 is 4.52 Å². The molecule has 0 radical (unpaired) electrons. The molecule has 2 fully saturated rings. The Morgan fingerprint density at radius 1 is 1.22 bits per heavy atom. The third-order valence-electron chi connectivity index (χ3n) is 5.45. The monoisotopic (exact) mass is 315 g/mol. The van der Waals surface area contributed by atoms with E-state index >= 15 is 0 Å². The maximum Gasteiger partial charge on any atom is 0.243 e. The number of rotatable bonds is 4. The first-order chi connectivity index (χ1) is 11.1. The van der Waals surface area contributed by atoms with Gasteiger partial charge in [0.1, 0.15) is 0 Å². The van der Waals surface area contributed by atoms with Crippen molar-refractivity contribution in [3.63, 3.8) is 0 Å². The predicted molar refractivity (Wildman–Crippen MR) is 86.1 cm³/mol. The van der Waals surface area contributed by atoms with Crippen LogP contribution < -0.4 is 0 Å². The van der Waals surface area contributed by atoms with Crippen LogP contribution in [0.4, 0.5) is 0 Å². The molecule has 6 nitrogen and oxygen atoms in total. The molecule has 0 spiro atoms. The molecule has 0 unspecified atom stereocenters. The lowest BCUT2D eigenvalue weighted by Gasteiger charge is -2.28. The van der Waals surface area contributed by atoms with Gasteiger partial charge in [-0.15, -0.1) is 0 Å². The molecule has 0 N–H and O–H groups in total. The maximum absolute atomic E-state index is 5.57. The van der Waals surface area contributed by atoms with Crippen molar-refractivity contribution in [2.45, 2.75) is 64.5 Å². The average Bonchev–Trinajstić information content (AvgIpc) is 2.96. The zero-order chi connectivity index (χ0) is 16.1. The number of hydrogen-bond donors (Lipinski definition) is 0. The van der Waals surface area contributed by atoms with Crippen molar-refractivity contribution in [1.29, 1.82) is 0 Å². The summed E-state index contributed by atoms with van der Waals surface area (Å²) in [6.07, 6.45) is 4.77. The van der Waals surface area contributed by atoms with Crippen molar-refractivity contribution in [2.24, 2.45) is 7.05 Å². The fourth-order valence-corrected chi connectivity index (χ4v) is 3.90. The van der Waals surface area contributed by atoms with Crippen LogP contribution in [-0.2, 0) is 7.05 Å². The van der Waals surface area contributed by atoms with Gasteiger partial charge < -0.3 is 4.52 Å². The SMILES string of the molecule is Cc1nn(C)c(C)c1[C@H]1CCCN1[C@H](C)c1nc(C2CC2)no1. The largest absolute Gasteiger partial charge is 0.338 e. The van der Waals surface area contributed by atoms with E-state index in [2.05, 4.69) is 40.9 Å². The Hall–Kier alpha value is -1.69. The molecule has 6 heteroatoms. The van der Waals surface area contributed by atoms with E-state index in [1.807, 2.05) is 11.7 Å². The van der Waals surface area contributed by atoms with Crippen LogP contribution in [0.5, 0.6) is 0 Å². The molecule has 2 aromatic heterocycles. The molecule has 4 rings (SSSR count). The number of nitrogens with zero attached hydrogens (tertiary/aromatic N) is 5. The van der Waals surface area contributed by atoms with Crippen LogP contribution in [0.25, 0.3) is 0 Å². The summed E-state index contributed by atoms with van der Waals surface area (Å²) in [6.45, 7) is 7.53. The van der Waals surface area contributed by atoms with Gasteiger partial charge in [0.15, 0.2) is 5.82 Å². The molecule has 124 valence electrons. The number of aryl methyl sites for hydroxylation is 2. The van der Waals surface area contributed by atoms with Crippen LogP contribution in [-0.4, -0.2) is 31.4 Å². The van der Waals surface area contributed by atoms with Crippen molar-refractivity contribution in [3.8, 4) is 0 Å². The smallest absolute Gasteiger partial charge is 0.243 e. The lowest BCUT2D eigenvalue weighted by atomic mass is 10.0. The molecule has 23 heavy (non-hydrogen) atoms. The lowest BCUT2D eigenvalue weighted by molar-refractivity contribution is 0.158. The Morgan fingerprint density at radius 3 is 2.65 bits per heavy atom. The standard InChI is InChI=1S/C17H25N5O/c1-10-15(11(2)21(4)19-10)14-6-5-9-22(14)12(3)17-18-16(20-23-17)13-7-8-13/h12-14H,5-9H2,1-4H3/t12-,14-/m1/s1. The van der Waals surface area contributed by atoms with Gasteiger partial charge in [-0.2, -0.15) is 10.1 Å². The normalized spacial score (nSPS) is 23.6. The van der Waals surface area contributed by atoms with Gasteiger partial charge in [-0.05, 0) is 53.0 Å². The quantitative estimate of drug-likeness (QED) is 0.867. The van der Waals surface area contributed by atoms with E-state index in [0.717, 1.165) is 24.0 Å². The fraction of sp³-hybridized carbons (Fsp3) is 0.706. The van der Waals surface area contributed by atoms with E-state index in [1.165, 1.54) is 36.9 Å².